The summed E-state index contributed by atoms with van der Waals surface area (Å²) in [6.07, 6.45) is 7.50. The van der Waals surface area contributed by atoms with Gasteiger partial charge in [0.2, 0.25) is 5.91 Å². The van der Waals surface area contributed by atoms with Gasteiger partial charge in [0.25, 0.3) is 0 Å². The van der Waals surface area contributed by atoms with E-state index < -0.39 is 0 Å². The lowest BCUT2D eigenvalue weighted by molar-refractivity contribution is -0.136. The minimum atomic E-state index is 0.129. The van der Waals surface area contributed by atoms with Crippen molar-refractivity contribution in [1.82, 2.24) is 10.2 Å². The molecule has 0 aromatic rings. The second kappa shape index (κ2) is 6.90. The topological polar surface area (TPSA) is 41.6 Å². The van der Waals surface area contributed by atoms with E-state index in [1.54, 1.807) is 7.11 Å². The number of hydrogen-bond donors (Lipinski definition) is 1. The van der Waals surface area contributed by atoms with Crippen molar-refractivity contribution in [2.75, 3.05) is 26.8 Å². The lowest BCUT2D eigenvalue weighted by Crippen LogP contribution is -2.52. The maximum absolute atomic E-state index is 11.8. The Labute approximate surface area is 123 Å². The van der Waals surface area contributed by atoms with E-state index in [-0.39, 0.29) is 12.5 Å². The first-order valence-electron chi connectivity index (χ1n) is 8.05. The van der Waals surface area contributed by atoms with Crippen molar-refractivity contribution in [1.29, 1.82) is 0 Å². The normalized spacial score (nSPS) is 27.6. The van der Waals surface area contributed by atoms with E-state index >= 15 is 0 Å². The summed E-state index contributed by atoms with van der Waals surface area (Å²) >= 11 is 0. The first-order chi connectivity index (χ1) is 9.53. The summed E-state index contributed by atoms with van der Waals surface area (Å²) in [4.78, 5) is 13.7. The maximum atomic E-state index is 11.8. The molecule has 1 atom stereocenters. The van der Waals surface area contributed by atoms with Crippen LogP contribution >= 0.6 is 0 Å². The smallest absolute Gasteiger partial charge is 0.248 e. The zero-order valence-electron chi connectivity index (χ0n) is 13.3. The molecule has 2 rings (SSSR count). The number of likely N-dealkylation sites (tertiary alicyclic amines) is 1. The first kappa shape index (κ1) is 15.8. The number of nitrogens with zero attached hydrogens (tertiary/aromatic N) is 1. The molecule has 0 aromatic carbocycles. The SMILES string of the molecule is COCC(=O)N1CCC(NC2CCCCC2(C)C)CC1. The molecule has 1 aliphatic carbocycles. The Hall–Kier alpha value is -0.610. The summed E-state index contributed by atoms with van der Waals surface area (Å²) in [7, 11) is 1.58. The third-order valence-corrected chi connectivity index (χ3v) is 5.06. The van der Waals surface area contributed by atoms with Crippen LogP contribution in [0.2, 0.25) is 0 Å². The Kier molecular flexibility index (Phi) is 5.44. The highest BCUT2D eigenvalue weighted by Crippen LogP contribution is 2.36. The quantitative estimate of drug-likeness (QED) is 0.859. The van der Waals surface area contributed by atoms with Crippen molar-refractivity contribution in [2.24, 2.45) is 5.41 Å². The van der Waals surface area contributed by atoms with Crippen molar-refractivity contribution < 1.29 is 9.53 Å². The van der Waals surface area contributed by atoms with E-state index in [0.29, 0.717) is 17.5 Å². The molecule has 0 bridgehead atoms. The third-order valence-electron chi connectivity index (χ3n) is 5.06. The second-order valence-corrected chi connectivity index (χ2v) is 7.04. The van der Waals surface area contributed by atoms with Crippen LogP contribution in [0.1, 0.15) is 52.4 Å². The maximum Gasteiger partial charge on any atom is 0.248 e. The molecule has 1 unspecified atom stereocenters. The summed E-state index contributed by atoms with van der Waals surface area (Å²) in [5, 5.41) is 3.87. The number of carbonyl (C=O) groups is 1. The van der Waals surface area contributed by atoms with E-state index in [4.69, 9.17) is 4.74 Å². The Bertz CT molecular complexity index is 322. The molecule has 0 aromatic heterocycles. The predicted octanol–water partition coefficient (Wildman–Crippen LogP) is 2.18. The number of piperidine rings is 1. The monoisotopic (exact) mass is 282 g/mol. The molecule has 1 saturated heterocycles. The summed E-state index contributed by atoms with van der Waals surface area (Å²) in [6.45, 7) is 6.73. The fourth-order valence-corrected chi connectivity index (χ4v) is 3.60. The van der Waals surface area contributed by atoms with Gasteiger partial charge in [-0.1, -0.05) is 26.7 Å². The highest BCUT2D eigenvalue weighted by Gasteiger charge is 2.34. The molecular weight excluding hydrogens is 252 g/mol. The molecule has 1 heterocycles. The lowest BCUT2D eigenvalue weighted by atomic mass is 9.73. The van der Waals surface area contributed by atoms with Gasteiger partial charge in [0.15, 0.2) is 0 Å². The Morgan fingerprint density at radius 1 is 1.25 bits per heavy atom. The number of rotatable bonds is 4. The van der Waals surface area contributed by atoms with Gasteiger partial charge in [-0.25, -0.2) is 0 Å². The standard InChI is InChI=1S/C16H30N2O2/c1-16(2)9-5-4-6-14(16)17-13-7-10-18(11-8-13)15(19)12-20-3/h13-14,17H,4-12H2,1-3H3. The average Bonchev–Trinajstić information content (AvgIpc) is 2.42. The van der Waals surface area contributed by atoms with Gasteiger partial charge in [-0.05, 0) is 31.1 Å². The number of ether oxygens (including phenoxy) is 1. The van der Waals surface area contributed by atoms with Crippen LogP contribution in [0.25, 0.3) is 0 Å². The largest absolute Gasteiger partial charge is 0.375 e. The minimum absolute atomic E-state index is 0.129. The molecule has 116 valence electrons. The van der Waals surface area contributed by atoms with Crippen LogP contribution in [-0.4, -0.2) is 49.7 Å². The highest BCUT2D eigenvalue weighted by molar-refractivity contribution is 5.77. The molecule has 2 aliphatic rings. The minimum Gasteiger partial charge on any atom is -0.375 e. The van der Waals surface area contributed by atoms with Gasteiger partial charge in [-0.15, -0.1) is 0 Å². The molecule has 0 spiro atoms. The van der Waals surface area contributed by atoms with Crippen LogP contribution < -0.4 is 5.32 Å². The first-order valence-corrected chi connectivity index (χ1v) is 8.05. The molecule has 4 nitrogen and oxygen atoms in total. The molecule has 1 saturated carbocycles. The number of methoxy groups -OCH3 is 1. The zero-order valence-corrected chi connectivity index (χ0v) is 13.3. The number of hydrogen-bond acceptors (Lipinski definition) is 3. The van der Waals surface area contributed by atoms with Crippen LogP contribution in [0.5, 0.6) is 0 Å². The number of carbonyl (C=O) groups excluding carboxylic acids is 1. The highest BCUT2D eigenvalue weighted by atomic mass is 16.5. The van der Waals surface area contributed by atoms with E-state index in [9.17, 15) is 4.79 Å². The van der Waals surface area contributed by atoms with E-state index in [0.717, 1.165) is 25.9 Å². The van der Waals surface area contributed by atoms with Gasteiger partial charge in [-0.3, -0.25) is 4.79 Å². The van der Waals surface area contributed by atoms with E-state index in [2.05, 4.69) is 19.2 Å². The molecular formula is C16H30N2O2. The summed E-state index contributed by atoms with van der Waals surface area (Å²) in [6, 6.07) is 1.21. The second-order valence-electron chi connectivity index (χ2n) is 7.04. The van der Waals surface area contributed by atoms with Gasteiger partial charge < -0.3 is 15.0 Å². The van der Waals surface area contributed by atoms with Gasteiger partial charge in [0, 0.05) is 32.3 Å². The van der Waals surface area contributed by atoms with E-state index in [1.807, 2.05) is 4.90 Å². The molecule has 2 fully saturated rings. The molecule has 1 amide bonds. The summed E-state index contributed by atoms with van der Waals surface area (Å²) in [5.74, 6) is 0.129. The van der Waals surface area contributed by atoms with Crippen molar-refractivity contribution in [3.63, 3.8) is 0 Å². The third kappa shape index (κ3) is 3.95. The van der Waals surface area contributed by atoms with Gasteiger partial charge >= 0.3 is 0 Å². The van der Waals surface area contributed by atoms with Gasteiger partial charge in [-0.2, -0.15) is 0 Å². The lowest BCUT2D eigenvalue weighted by Gasteiger charge is -2.43. The van der Waals surface area contributed by atoms with Crippen molar-refractivity contribution >= 4 is 5.91 Å². The Balaban J connectivity index is 1.78. The van der Waals surface area contributed by atoms with Crippen LogP contribution in [-0.2, 0) is 9.53 Å². The van der Waals surface area contributed by atoms with Crippen molar-refractivity contribution in [3.05, 3.63) is 0 Å². The van der Waals surface area contributed by atoms with E-state index in [1.165, 1.54) is 25.7 Å². The molecule has 0 radical (unpaired) electrons. The number of amides is 1. The average molecular weight is 282 g/mol. The summed E-state index contributed by atoms with van der Waals surface area (Å²) in [5.41, 5.74) is 0.418. The zero-order chi connectivity index (χ0) is 14.6. The van der Waals surface area contributed by atoms with Crippen molar-refractivity contribution in [2.45, 2.75) is 64.5 Å². The fourth-order valence-electron chi connectivity index (χ4n) is 3.60. The van der Waals surface area contributed by atoms with Gasteiger partial charge in [0.05, 0.1) is 0 Å². The van der Waals surface area contributed by atoms with Crippen LogP contribution in [0.3, 0.4) is 0 Å². The van der Waals surface area contributed by atoms with Crippen LogP contribution in [0.4, 0.5) is 0 Å². The number of nitrogens with one attached hydrogen (secondary N) is 1. The van der Waals surface area contributed by atoms with Gasteiger partial charge in [0.1, 0.15) is 6.61 Å². The molecule has 4 heteroatoms. The summed E-state index contributed by atoms with van der Waals surface area (Å²) < 4.78 is 4.93. The predicted molar refractivity (Wildman–Crippen MR) is 80.7 cm³/mol. The Morgan fingerprint density at radius 2 is 1.95 bits per heavy atom. The van der Waals surface area contributed by atoms with Crippen LogP contribution in [0, 0.1) is 5.41 Å². The van der Waals surface area contributed by atoms with Crippen molar-refractivity contribution in [3.8, 4) is 0 Å². The Morgan fingerprint density at radius 3 is 2.55 bits per heavy atom. The molecule has 1 N–H and O–H groups in total. The molecule has 20 heavy (non-hydrogen) atoms. The van der Waals surface area contributed by atoms with Crippen LogP contribution in [0.15, 0.2) is 0 Å². The fraction of sp³-hybridized carbons (Fsp3) is 0.938. The molecule has 1 aliphatic heterocycles.